The molecule has 1 aromatic rings. The van der Waals surface area contributed by atoms with Crippen molar-refractivity contribution in [3.8, 4) is 0 Å². The molecule has 7 heteroatoms. The Hall–Kier alpha value is -1.79. The topological polar surface area (TPSA) is 52.3 Å². The molecular formula is C9H7F4NO2. The number of anilines is 1. The molecule has 3 nitrogen and oxygen atoms in total. The van der Waals surface area contributed by atoms with E-state index in [0.29, 0.717) is 0 Å². The number of carbonyl (C=O) groups is 1. The van der Waals surface area contributed by atoms with Crippen molar-refractivity contribution in [1.29, 1.82) is 0 Å². The van der Waals surface area contributed by atoms with Crippen LogP contribution in [0.4, 0.5) is 23.2 Å². The van der Waals surface area contributed by atoms with Crippen LogP contribution >= 0.6 is 0 Å². The van der Waals surface area contributed by atoms with Gasteiger partial charge < -0.3 is 10.5 Å². The first kappa shape index (κ1) is 12.3. The van der Waals surface area contributed by atoms with Gasteiger partial charge in [0.2, 0.25) is 0 Å². The molecular weight excluding hydrogens is 230 g/mol. The van der Waals surface area contributed by atoms with E-state index in [-0.39, 0.29) is 0 Å². The van der Waals surface area contributed by atoms with Gasteiger partial charge in [0.05, 0.1) is 12.7 Å². The predicted molar refractivity (Wildman–Crippen MR) is 47.2 cm³/mol. The second-order valence-corrected chi connectivity index (χ2v) is 2.88. The summed E-state index contributed by atoms with van der Waals surface area (Å²) >= 11 is 0. The summed E-state index contributed by atoms with van der Waals surface area (Å²) in [6, 6.07) is 1.64. The van der Waals surface area contributed by atoms with Crippen molar-refractivity contribution in [2.45, 2.75) is 6.18 Å². The van der Waals surface area contributed by atoms with Gasteiger partial charge in [-0.3, -0.25) is 0 Å². The van der Waals surface area contributed by atoms with Crippen molar-refractivity contribution in [2.24, 2.45) is 0 Å². The van der Waals surface area contributed by atoms with E-state index in [1.165, 1.54) is 0 Å². The molecule has 0 atom stereocenters. The molecule has 0 fully saturated rings. The zero-order valence-electron chi connectivity index (χ0n) is 8.06. The number of halogens is 4. The summed E-state index contributed by atoms with van der Waals surface area (Å²) in [5.41, 5.74) is 1.77. The average molecular weight is 237 g/mol. The number of ether oxygens (including phenoxy) is 1. The molecule has 0 aromatic heterocycles. The molecule has 0 bridgehead atoms. The highest BCUT2D eigenvalue weighted by Crippen LogP contribution is 2.36. The van der Waals surface area contributed by atoms with Gasteiger partial charge in [0.25, 0.3) is 0 Å². The number of nitrogen functional groups attached to an aromatic ring is 1. The lowest BCUT2D eigenvalue weighted by Gasteiger charge is -2.12. The molecule has 88 valence electrons. The third-order valence-electron chi connectivity index (χ3n) is 1.86. The van der Waals surface area contributed by atoms with Crippen molar-refractivity contribution in [2.75, 3.05) is 12.8 Å². The third kappa shape index (κ3) is 2.07. The first-order chi connectivity index (χ1) is 7.29. The van der Waals surface area contributed by atoms with Crippen LogP contribution in [0, 0.1) is 5.82 Å². The summed E-state index contributed by atoms with van der Waals surface area (Å²) < 4.78 is 54.7. The van der Waals surface area contributed by atoms with Gasteiger partial charge in [-0.05, 0) is 12.1 Å². The van der Waals surface area contributed by atoms with E-state index in [0.717, 1.165) is 19.2 Å². The van der Waals surface area contributed by atoms with E-state index in [1.54, 1.807) is 0 Å². The van der Waals surface area contributed by atoms with Gasteiger partial charge in [0, 0.05) is 5.69 Å². The van der Waals surface area contributed by atoms with Gasteiger partial charge in [-0.2, -0.15) is 13.2 Å². The van der Waals surface area contributed by atoms with Crippen LogP contribution in [0.5, 0.6) is 0 Å². The summed E-state index contributed by atoms with van der Waals surface area (Å²) in [6.07, 6.45) is -4.96. The Labute approximate surface area is 87.8 Å². The lowest BCUT2D eigenvalue weighted by Crippen LogP contribution is -2.16. The van der Waals surface area contributed by atoms with Crippen LogP contribution in [-0.4, -0.2) is 13.1 Å². The second-order valence-electron chi connectivity index (χ2n) is 2.88. The number of alkyl halides is 3. The number of methoxy groups -OCH3 is 1. The molecule has 1 rings (SSSR count). The van der Waals surface area contributed by atoms with Gasteiger partial charge in [-0.1, -0.05) is 0 Å². The van der Waals surface area contributed by atoms with Crippen molar-refractivity contribution in [1.82, 2.24) is 0 Å². The number of hydrogen-bond donors (Lipinski definition) is 1. The summed E-state index contributed by atoms with van der Waals surface area (Å²) in [6.45, 7) is 0. The van der Waals surface area contributed by atoms with Crippen LogP contribution in [0.3, 0.4) is 0 Å². The van der Waals surface area contributed by atoms with Crippen molar-refractivity contribution in [3.05, 3.63) is 29.1 Å². The van der Waals surface area contributed by atoms with E-state index in [9.17, 15) is 22.4 Å². The fourth-order valence-electron chi connectivity index (χ4n) is 1.15. The normalized spacial score (nSPS) is 11.3. The highest BCUT2D eigenvalue weighted by atomic mass is 19.4. The molecule has 16 heavy (non-hydrogen) atoms. The van der Waals surface area contributed by atoms with Crippen LogP contribution in [0.25, 0.3) is 0 Å². The monoisotopic (exact) mass is 237 g/mol. The SMILES string of the molecule is COC(=O)c1ccc(N)c(C(F)(F)F)c1F. The number of esters is 1. The first-order valence-corrected chi connectivity index (χ1v) is 4.02. The number of rotatable bonds is 1. The highest BCUT2D eigenvalue weighted by Gasteiger charge is 2.38. The van der Waals surface area contributed by atoms with Crippen LogP contribution in [0.15, 0.2) is 12.1 Å². The standard InChI is InChI=1S/C9H7F4NO2/c1-16-8(15)4-2-3-5(14)6(7(4)10)9(11,12)13/h2-3H,14H2,1H3. The Morgan fingerprint density at radius 1 is 1.38 bits per heavy atom. The number of carbonyl (C=O) groups excluding carboxylic acids is 1. The largest absolute Gasteiger partial charge is 0.465 e. The maximum Gasteiger partial charge on any atom is 0.421 e. The zero-order valence-corrected chi connectivity index (χ0v) is 8.06. The van der Waals surface area contributed by atoms with Crippen LogP contribution < -0.4 is 5.73 Å². The molecule has 0 aliphatic rings. The summed E-state index contributed by atoms with van der Waals surface area (Å²) in [5.74, 6) is -2.91. The maximum atomic E-state index is 13.4. The van der Waals surface area contributed by atoms with Crippen LogP contribution in [-0.2, 0) is 10.9 Å². The lowest BCUT2D eigenvalue weighted by molar-refractivity contribution is -0.139. The number of nitrogens with two attached hydrogens (primary N) is 1. The Morgan fingerprint density at radius 2 is 1.94 bits per heavy atom. The summed E-state index contributed by atoms with van der Waals surface area (Å²) in [4.78, 5) is 11.0. The smallest absolute Gasteiger partial charge is 0.421 e. The number of hydrogen-bond acceptors (Lipinski definition) is 3. The lowest BCUT2D eigenvalue weighted by atomic mass is 10.1. The molecule has 0 unspecified atom stereocenters. The Balaban J connectivity index is 3.45. The predicted octanol–water partition coefficient (Wildman–Crippen LogP) is 2.21. The van der Waals surface area contributed by atoms with E-state index in [2.05, 4.69) is 4.74 Å². The molecule has 0 saturated heterocycles. The molecule has 0 aliphatic carbocycles. The summed E-state index contributed by atoms with van der Waals surface area (Å²) in [5, 5.41) is 0. The molecule has 0 amide bonds. The highest BCUT2D eigenvalue weighted by molar-refractivity contribution is 5.90. The quantitative estimate of drug-likeness (QED) is 0.463. The van der Waals surface area contributed by atoms with Gasteiger partial charge >= 0.3 is 12.1 Å². The minimum atomic E-state index is -4.96. The average Bonchev–Trinajstić information content (AvgIpc) is 2.14. The molecule has 1 aromatic carbocycles. The van der Waals surface area contributed by atoms with Gasteiger partial charge in [0.1, 0.15) is 5.56 Å². The third-order valence-corrected chi connectivity index (χ3v) is 1.86. The first-order valence-electron chi connectivity index (χ1n) is 4.02. The molecule has 0 spiro atoms. The minimum absolute atomic E-state index is 0.780. The molecule has 0 heterocycles. The minimum Gasteiger partial charge on any atom is -0.465 e. The zero-order chi connectivity index (χ0) is 12.5. The van der Waals surface area contributed by atoms with Gasteiger partial charge in [-0.15, -0.1) is 0 Å². The van der Waals surface area contributed by atoms with Crippen LogP contribution in [0.1, 0.15) is 15.9 Å². The Kier molecular flexibility index (Phi) is 3.06. The molecule has 0 aliphatic heterocycles. The van der Waals surface area contributed by atoms with E-state index in [4.69, 9.17) is 5.73 Å². The second kappa shape index (κ2) is 3.99. The van der Waals surface area contributed by atoms with Crippen molar-refractivity contribution >= 4 is 11.7 Å². The fourth-order valence-corrected chi connectivity index (χ4v) is 1.15. The van der Waals surface area contributed by atoms with E-state index in [1.807, 2.05) is 0 Å². The van der Waals surface area contributed by atoms with Gasteiger partial charge in [0.15, 0.2) is 5.82 Å². The summed E-state index contributed by atoms with van der Waals surface area (Å²) in [7, 11) is 0.936. The fraction of sp³-hybridized carbons (Fsp3) is 0.222. The molecule has 0 saturated carbocycles. The Bertz CT molecular complexity index is 428. The molecule has 0 radical (unpaired) electrons. The van der Waals surface area contributed by atoms with Crippen molar-refractivity contribution < 1.29 is 27.1 Å². The van der Waals surface area contributed by atoms with E-state index >= 15 is 0 Å². The van der Waals surface area contributed by atoms with E-state index < -0.39 is 34.8 Å². The Morgan fingerprint density at radius 3 is 2.38 bits per heavy atom. The number of benzene rings is 1. The molecule has 2 N–H and O–H groups in total. The van der Waals surface area contributed by atoms with Crippen LogP contribution in [0.2, 0.25) is 0 Å². The maximum absolute atomic E-state index is 13.4. The van der Waals surface area contributed by atoms with Gasteiger partial charge in [-0.25, -0.2) is 9.18 Å². The van der Waals surface area contributed by atoms with Crippen molar-refractivity contribution in [3.63, 3.8) is 0 Å².